The van der Waals surface area contributed by atoms with Crippen molar-refractivity contribution < 1.29 is 28.7 Å². The van der Waals surface area contributed by atoms with E-state index in [1.165, 1.54) is 28.1 Å². The van der Waals surface area contributed by atoms with Gasteiger partial charge >= 0.3 is 11.9 Å². The Kier molecular flexibility index (Phi) is 15.6. The molecule has 28 heavy (non-hydrogen) atoms. The fourth-order valence-corrected chi connectivity index (χ4v) is 2.09. The second-order valence-corrected chi connectivity index (χ2v) is 7.04. The van der Waals surface area contributed by atoms with Crippen molar-refractivity contribution >= 4 is 23.8 Å². The van der Waals surface area contributed by atoms with Crippen molar-refractivity contribution in [3.63, 3.8) is 0 Å². The summed E-state index contributed by atoms with van der Waals surface area (Å²) in [6, 6.07) is -1.08. The number of ether oxygens (including phenoxy) is 2. The van der Waals surface area contributed by atoms with Crippen molar-refractivity contribution in [1.29, 1.82) is 0 Å². The summed E-state index contributed by atoms with van der Waals surface area (Å²) >= 11 is 0. The monoisotopic (exact) mass is 400 g/mol. The Morgan fingerprint density at radius 1 is 0.786 bits per heavy atom. The molecule has 0 aliphatic carbocycles. The van der Waals surface area contributed by atoms with Crippen LogP contribution in [0.15, 0.2) is 11.6 Å². The van der Waals surface area contributed by atoms with Crippen LogP contribution in [-0.4, -0.2) is 50.1 Å². The number of esters is 2. The van der Waals surface area contributed by atoms with Crippen LogP contribution in [0.5, 0.6) is 0 Å². The second-order valence-electron chi connectivity index (χ2n) is 7.04. The first-order chi connectivity index (χ1) is 12.9. The molecule has 0 bridgehead atoms. The number of carbonyl (C=O) groups is 4. The zero-order chi connectivity index (χ0) is 22.3. The molecule has 0 unspecified atom stereocenters. The predicted molar refractivity (Wildman–Crippen MR) is 107 cm³/mol. The molecule has 2 amide bonds. The van der Waals surface area contributed by atoms with E-state index in [2.05, 4.69) is 34.0 Å². The van der Waals surface area contributed by atoms with E-state index in [-0.39, 0.29) is 17.8 Å². The maximum atomic E-state index is 11.2. The predicted octanol–water partition coefficient (Wildman–Crippen LogP) is 2.12. The van der Waals surface area contributed by atoms with Crippen molar-refractivity contribution in [2.75, 3.05) is 14.2 Å². The summed E-state index contributed by atoms with van der Waals surface area (Å²) in [6.07, 6.45) is 3.87. The molecule has 0 saturated heterocycles. The van der Waals surface area contributed by atoms with Gasteiger partial charge < -0.3 is 20.1 Å². The summed E-state index contributed by atoms with van der Waals surface area (Å²) in [6.45, 7) is 10.8. The lowest BCUT2D eigenvalue weighted by atomic mass is 10.0. The number of nitrogens with one attached hydrogen (secondary N) is 2. The van der Waals surface area contributed by atoms with E-state index in [1.54, 1.807) is 0 Å². The van der Waals surface area contributed by atoms with E-state index in [1.807, 2.05) is 19.9 Å². The molecule has 0 fully saturated rings. The van der Waals surface area contributed by atoms with Gasteiger partial charge in [-0.1, -0.05) is 25.5 Å². The number of hydrogen-bond donors (Lipinski definition) is 2. The molecule has 0 aromatic carbocycles. The third-order valence-corrected chi connectivity index (χ3v) is 3.52. The highest BCUT2D eigenvalue weighted by Crippen LogP contribution is 2.07. The smallest absolute Gasteiger partial charge is 0.328 e. The van der Waals surface area contributed by atoms with E-state index < -0.39 is 18.1 Å². The van der Waals surface area contributed by atoms with Gasteiger partial charge in [-0.3, -0.25) is 9.59 Å². The van der Waals surface area contributed by atoms with Crippen LogP contribution in [0.4, 0.5) is 0 Å². The van der Waals surface area contributed by atoms with Gasteiger partial charge in [0.2, 0.25) is 11.8 Å². The summed E-state index contributed by atoms with van der Waals surface area (Å²) in [5.41, 5.74) is 1.10. The van der Waals surface area contributed by atoms with Crippen molar-refractivity contribution in [1.82, 2.24) is 10.6 Å². The minimum Gasteiger partial charge on any atom is -0.467 e. The number of hydrogen-bond acceptors (Lipinski definition) is 6. The Morgan fingerprint density at radius 2 is 1.21 bits per heavy atom. The van der Waals surface area contributed by atoms with Crippen LogP contribution < -0.4 is 10.6 Å². The van der Waals surface area contributed by atoms with E-state index in [4.69, 9.17) is 0 Å². The van der Waals surface area contributed by atoms with Crippen LogP contribution in [0.3, 0.4) is 0 Å². The van der Waals surface area contributed by atoms with Gasteiger partial charge in [0, 0.05) is 13.8 Å². The maximum absolute atomic E-state index is 11.2. The lowest BCUT2D eigenvalue weighted by Gasteiger charge is -2.16. The van der Waals surface area contributed by atoms with E-state index in [0.717, 1.165) is 12.0 Å². The number of amides is 2. The minimum absolute atomic E-state index is 0.204. The molecule has 8 nitrogen and oxygen atoms in total. The van der Waals surface area contributed by atoms with Crippen molar-refractivity contribution in [2.45, 2.75) is 72.9 Å². The molecular weight excluding hydrogens is 364 g/mol. The fraction of sp³-hybridized carbons (Fsp3) is 0.700. The normalized spacial score (nSPS) is 11.9. The van der Waals surface area contributed by atoms with E-state index >= 15 is 0 Å². The lowest BCUT2D eigenvalue weighted by Crippen LogP contribution is -2.40. The molecule has 0 heterocycles. The van der Waals surface area contributed by atoms with Crippen molar-refractivity contribution in [2.24, 2.45) is 5.92 Å². The topological polar surface area (TPSA) is 111 Å². The average Bonchev–Trinajstić information content (AvgIpc) is 2.60. The molecule has 0 aliphatic heterocycles. The summed E-state index contributed by atoms with van der Waals surface area (Å²) in [4.78, 5) is 44.0. The highest BCUT2D eigenvalue weighted by atomic mass is 16.5. The highest BCUT2D eigenvalue weighted by Gasteiger charge is 2.20. The number of allylic oxidation sites excluding steroid dienone is 1. The molecule has 0 aromatic rings. The van der Waals surface area contributed by atoms with Gasteiger partial charge in [-0.05, 0) is 39.0 Å². The third-order valence-electron chi connectivity index (χ3n) is 3.52. The number of rotatable bonds is 9. The second kappa shape index (κ2) is 15.7. The van der Waals surface area contributed by atoms with Crippen LogP contribution in [0.1, 0.15) is 60.8 Å². The highest BCUT2D eigenvalue weighted by molar-refractivity contribution is 5.83. The molecule has 0 saturated carbocycles. The standard InChI is InChI=1S/C10H19NO3.C10H17NO3/c2*1-7(2)5-6-9(10(13)14-4)11-8(3)12/h7,9H,5-6H2,1-4H3,(H,11,12);5,9H,6H2,1-4H3,(H,11,12)/t2*9-/m00/s1. The summed E-state index contributed by atoms with van der Waals surface area (Å²) in [7, 11) is 2.63. The molecule has 0 aliphatic rings. The molecule has 162 valence electrons. The van der Waals surface area contributed by atoms with Gasteiger partial charge in [0.15, 0.2) is 0 Å². The fourth-order valence-electron chi connectivity index (χ4n) is 2.09. The quantitative estimate of drug-likeness (QED) is 0.453. The van der Waals surface area contributed by atoms with Gasteiger partial charge in [-0.25, -0.2) is 9.59 Å². The zero-order valence-corrected chi connectivity index (χ0v) is 18.4. The number of carbonyl (C=O) groups excluding carboxylic acids is 4. The van der Waals surface area contributed by atoms with Crippen molar-refractivity contribution in [3.05, 3.63) is 11.6 Å². The van der Waals surface area contributed by atoms with E-state index in [0.29, 0.717) is 18.8 Å². The van der Waals surface area contributed by atoms with Gasteiger partial charge in [0.05, 0.1) is 14.2 Å². The Bertz CT molecular complexity index is 539. The van der Waals surface area contributed by atoms with Crippen LogP contribution in [0.25, 0.3) is 0 Å². The Morgan fingerprint density at radius 3 is 1.57 bits per heavy atom. The molecule has 0 rings (SSSR count). The van der Waals surface area contributed by atoms with Gasteiger partial charge in [0.25, 0.3) is 0 Å². The largest absolute Gasteiger partial charge is 0.467 e. The van der Waals surface area contributed by atoms with Crippen LogP contribution >= 0.6 is 0 Å². The summed E-state index contributed by atoms with van der Waals surface area (Å²) < 4.78 is 9.15. The van der Waals surface area contributed by atoms with Crippen LogP contribution in [-0.2, 0) is 28.7 Å². The van der Waals surface area contributed by atoms with E-state index in [9.17, 15) is 19.2 Å². The molecule has 2 atom stereocenters. The van der Waals surface area contributed by atoms with Gasteiger partial charge in [0.1, 0.15) is 12.1 Å². The SMILES string of the molecule is COC(=O)[C@H](CC=C(C)C)NC(C)=O.COC(=O)[C@H](CCC(C)C)NC(C)=O. The first kappa shape index (κ1) is 27.8. The Hall–Kier alpha value is -2.38. The minimum atomic E-state index is -0.576. The summed E-state index contributed by atoms with van der Waals surface area (Å²) in [5.74, 6) is -0.721. The maximum Gasteiger partial charge on any atom is 0.328 e. The van der Waals surface area contributed by atoms with Crippen LogP contribution in [0, 0.1) is 5.92 Å². The Balaban J connectivity index is 0. The molecular formula is C20H36N2O6. The molecule has 2 N–H and O–H groups in total. The first-order valence-electron chi connectivity index (χ1n) is 9.27. The zero-order valence-electron chi connectivity index (χ0n) is 18.4. The number of methoxy groups -OCH3 is 2. The molecule has 0 radical (unpaired) electrons. The van der Waals surface area contributed by atoms with Crippen molar-refractivity contribution in [3.8, 4) is 0 Å². The lowest BCUT2D eigenvalue weighted by molar-refractivity contribution is -0.145. The Labute approximate surface area is 168 Å². The molecule has 0 aromatic heterocycles. The van der Waals surface area contributed by atoms with Gasteiger partial charge in [-0.2, -0.15) is 0 Å². The van der Waals surface area contributed by atoms with Crippen LogP contribution in [0.2, 0.25) is 0 Å². The molecule has 0 spiro atoms. The first-order valence-corrected chi connectivity index (χ1v) is 9.27. The third kappa shape index (κ3) is 15.8. The van der Waals surface area contributed by atoms with Gasteiger partial charge in [-0.15, -0.1) is 0 Å². The average molecular weight is 401 g/mol. The molecule has 8 heteroatoms. The summed E-state index contributed by atoms with van der Waals surface area (Å²) in [5, 5.41) is 5.10.